The average molecular weight is 596 g/mol. The van der Waals surface area contributed by atoms with Crippen molar-refractivity contribution in [3.05, 3.63) is 89.5 Å². The van der Waals surface area contributed by atoms with Crippen LogP contribution in [0.2, 0.25) is 0 Å². The second-order valence-corrected chi connectivity index (χ2v) is 11.2. The monoisotopic (exact) mass is 595 g/mol. The fourth-order valence-corrected chi connectivity index (χ4v) is 3.89. The van der Waals surface area contributed by atoms with Crippen LogP contribution >= 0.6 is 11.8 Å². The van der Waals surface area contributed by atoms with Crippen molar-refractivity contribution in [1.82, 2.24) is 10.6 Å². The lowest BCUT2D eigenvalue weighted by Crippen LogP contribution is -2.31. The van der Waals surface area contributed by atoms with Gasteiger partial charge in [0.2, 0.25) is 5.91 Å². The van der Waals surface area contributed by atoms with Gasteiger partial charge in [-0.05, 0) is 87.9 Å². The number of fused-ring (bicyclic) bond motifs is 1. The third-order valence-corrected chi connectivity index (χ3v) is 6.83. The number of hydrogen-bond donors (Lipinski definition) is 2. The number of allylic oxidation sites excluding steroid dienone is 1. The largest absolute Gasteiger partial charge is 0.355 e. The predicted molar refractivity (Wildman–Crippen MR) is 193 cm³/mol. The summed E-state index contributed by atoms with van der Waals surface area (Å²) in [6.07, 6.45) is 7.27. The Hall–Kier alpha value is -2.63. The molecule has 0 unspecified atom stereocenters. The van der Waals surface area contributed by atoms with Crippen LogP contribution in [-0.2, 0) is 17.6 Å². The number of nitrogens with one attached hydrogen (secondary N) is 2. The maximum atomic E-state index is 10.9. The fraction of sp³-hybridized carbons (Fsp3) is 0.514. The van der Waals surface area contributed by atoms with Gasteiger partial charge in [0.05, 0.1) is 10.7 Å². The number of carbonyl (C=O) groups is 1. The smallest absolute Gasteiger partial charge is 0.220 e. The quantitative estimate of drug-likeness (QED) is 0.131. The van der Waals surface area contributed by atoms with Crippen LogP contribution in [0, 0.1) is 12.8 Å². The average Bonchev–Trinajstić information content (AvgIpc) is 3.37. The number of thioether (sulfide) groups is 1. The van der Waals surface area contributed by atoms with Gasteiger partial charge in [-0.3, -0.25) is 4.79 Å². The normalized spacial score (nSPS) is 11.5. The summed E-state index contributed by atoms with van der Waals surface area (Å²) in [7, 11) is 0. The van der Waals surface area contributed by atoms with Crippen molar-refractivity contribution < 1.29 is 4.79 Å². The molecule has 5 heteroatoms. The zero-order valence-electron chi connectivity index (χ0n) is 28.5. The molecule has 2 aromatic carbocycles. The number of rotatable bonds is 9. The highest BCUT2D eigenvalue weighted by Crippen LogP contribution is 2.25. The van der Waals surface area contributed by atoms with Crippen LogP contribution in [-0.4, -0.2) is 36.8 Å². The molecule has 0 saturated heterocycles. The van der Waals surface area contributed by atoms with Crippen LogP contribution in [0.3, 0.4) is 0 Å². The van der Waals surface area contributed by atoms with E-state index in [4.69, 9.17) is 0 Å². The topological polar surface area (TPSA) is 53.5 Å². The lowest BCUT2D eigenvalue weighted by Gasteiger charge is -2.03. The molecular formula is C37H61N3OS. The number of aryl methyl sites for hydroxylation is 1. The third-order valence-electron chi connectivity index (χ3n) is 6.15. The Balaban J connectivity index is 0. The van der Waals surface area contributed by atoms with Gasteiger partial charge in [-0.2, -0.15) is 0 Å². The molecule has 1 aliphatic rings. The van der Waals surface area contributed by atoms with Crippen LogP contribution in [0.15, 0.2) is 72.3 Å². The number of aliphatic imine (C=N–C) groups is 1. The van der Waals surface area contributed by atoms with Gasteiger partial charge in [-0.25, -0.2) is 4.99 Å². The van der Waals surface area contributed by atoms with Crippen LogP contribution in [0.5, 0.6) is 0 Å². The second kappa shape index (κ2) is 27.2. The van der Waals surface area contributed by atoms with Crippen LogP contribution in [0.1, 0.15) is 96.9 Å². The number of nitrogens with zero attached hydrogens (tertiary/aromatic N) is 1. The third kappa shape index (κ3) is 22.0. The summed E-state index contributed by atoms with van der Waals surface area (Å²) in [5.74, 6) is 1.03. The summed E-state index contributed by atoms with van der Waals surface area (Å²) in [4.78, 5) is 15.3. The van der Waals surface area contributed by atoms with E-state index >= 15 is 0 Å². The summed E-state index contributed by atoms with van der Waals surface area (Å²) in [5.41, 5.74) is 7.55. The summed E-state index contributed by atoms with van der Waals surface area (Å²) < 4.78 is 0. The van der Waals surface area contributed by atoms with Gasteiger partial charge in [0.1, 0.15) is 0 Å². The summed E-state index contributed by atoms with van der Waals surface area (Å²) in [6, 6.07) is 17.0. The molecule has 0 fully saturated rings. The molecule has 4 nitrogen and oxygen atoms in total. The molecule has 236 valence electrons. The van der Waals surface area contributed by atoms with E-state index in [2.05, 4.69) is 86.0 Å². The first kappa shape index (κ1) is 41.5. The maximum Gasteiger partial charge on any atom is 0.220 e. The summed E-state index contributed by atoms with van der Waals surface area (Å²) in [6.45, 7) is 28.8. The van der Waals surface area contributed by atoms with Gasteiger partial charge in [0, 0.05) is 19.5 Å². The molecular weight excluding hydrogens is 534 g/mol. The molecule has 2 aromatic rings. The fourth-order valence-electron chi connectivity index (χ4n) is 3.69. The molecule has 0 spiro atoms. The first-order chi connectivity index (χ1) is 20.1. The van der Waals surface area contributed by atoms with E-state index in [-0.39, 0.29) is 5.91 Å². The molecule has 0 bridgehead atoms. The summed E-state index contributed by atoms with van der Waals surface area (Å²) >= 11 is 1.64. The molecule has 2 N–H and O–H groups in total. The standard InChI is InChI=1S/C12H15NS.C10H12.C8H18N2O.C5H10.C2H6/c1-9-6-5-7-12(8-9)10(2)13-11(3)14-4;1-8-6-9-4-2-3-5-10(9)7-8;1-3-5-8(11)10-7-6-9-4-2;1-4-5(2)3;1-2/h5-8H,2H2,1,3-4H3;2-5,8H,6-7H2,1H3;9H,3-7H2,1-2H3,(H,10,11);2,4H2,1,3H3;1-2H3. The van der Waals surface area contributed by atoms with Crippen molar-refractivity contribution in [2.24, 2.45) is 10.9 Å². The number of hydrogen-bond acceptors (Lipinski definition) is 4. The highest BCUT2D eigenvalue weighted by atomic mass is 32.2. The van der Waals surface area contributed by atoms with Crippen LogP contribution in [0.25, 0.3) is 5.70 Å². The van der Waals surface area contributed by atoms with Crippen molar-refractivity contribution in [1.29, 1.82) is 0 Å². The van der Waals surface area contributed by atoms with Crippen LogP contribution < -0.4 is 10.6 Å². The van der Waals surface area contributed by atoms with Crippen molar-refractivity contribution >= 4 is 28.4 Å². The molecule has 3 rings (SSSR count). The molecule has 1 amide bonds. The van der Waals surface area contributed by atoms with E-state index < -0.39 is 0 Å². The second-order valence-electron chi connectivity index (χ2n) is 10.2. The molecule has 0 aromatic heterocycles. The lowest BCUT2D eigenvalue weighted by molar-refractivity contribution is -0.121. The molecule has 0 aliphatic heterocycles. The van der Waals surface area contributed by atoms with E-state index in [1.165, 1.54) is 24.0 Å². The molecule has 1 aliphatic carbocycles. The van der Waals surface area contributed by atoms with Crippen molar-refractivity contribution in [2.75, 3.05) is 25.9 Å². The lowest BCUT2D eigenvalue weighted by atomic mass is 10.1. The van der Waals surface area contributed by atoms with Gasteiger partial charge in [0.15, 0.2) is 0 Å². The zero-order chi connectivity index (χ0) is 32.3. The molecule has 0 saturated carbocycles. The first-order valence-corrected chi connectivity index (χ1v) is 16.8. The minimum Gasteiger partial charge on any atom is -0.355 e. The van der Waals surface area contributed by atoms with E-state index in [0.717, 1.165) is 54.7 Å². The highest BCUT2D eigenvalue weighted by Gasteiger charge is 2.15. The van der Waals surface area contributed by atoms with Crippen molar-refractivity contribution in [3.63, 3.8) is 0 Å². The SMILES string of the molecule is C=C(C)CC.C=C(N=C(C)SC)c1cccc(C)c1.CC.CC1Cc2ccccc2C1.CCCC(=O)NCCNCC. The maximum absolute atomic E-state index is 10.9. The minimum atomic E-state index is 0.158. The van der Waals surface area contributed by atoms with Crippen molar-refractivity contribution in [2.45, 2.75) is 94.4 Å². The Morgan fingerprint density at radius 1 is 0.976 bits per heavy atom. The Labute approximate surface area is 264 Å². The first-order valence-electron chi connectivity index (χ1n) is 15.6. The van der Waals surface area contributed by atoms with Gasteiger partial charge in [-0.15, -0.1) is 18.3 Å². The molecule has 42 heavy (non-hydrogen) atoms. The van der Waals surface area contributed by atoms with Crippen LogP contribution in [0.4, 0.5) is 0 Å². The summed E-state index contributed by atoms with van der Waals surface area (Å²) in [5, 5.41) is 6.99. The van der Waals surface area contributed by atoms with Gasteiger partial charge < -0.3 is 10.6 Å². The van der Waals surface area contributed by atoms with Gasteiger partial charge >= 0.3 is 0 Å². The number of amides is 1. The van der Waals surface area contributed by atoms with E-state index in [9.17, 15) is 4.79 Å². The van der Waals surface area contributed by atoms with E-state index in [0.29, 0.717) is 6.42 Å². The number of likely N-dealkylation sites (N-methyl/N-ethyl adjacent to an activating group) is 1. The zero-order valence-corrected chi connectivity index (χ0v) is 29.3. The minimum absolute atomic E-state index is 0.158. The Kier molecular flexibility index (Phi) is 26.9. The number of carbonyl (C=O) groups excluding carboxylic acids is 1. The Morgan fingerprint density at radius 2 is 1.55 bits per heavy atom. The predicted octanol–water partition coefficient (Wildman–Crippen LogP) is 9.68. The van der Waals surface area contributed by atoms with E-state index in [1.54, 1.807) is 22.9 Å². The molecule has 0 atom stereocenters. The Bertz CT molecular complexity index is 1020. The van der Waals surface area contributed by atoms with E-state index in [1.807, 2.05) is 59.9 Å². The molecule has 0 radical (unpaired) electrons. The van der Waals surface area contributed by atoms with Gasteiger partial charge in [0.25, 0.3) is 0 Å². The highest BCUT2D eigenvalue weighted by molar-refractivity contribution is 8.13. The van der Waals surface area contributed by atoms with Crippen molar-refractivity contribution in [3.8, 4) is 0 Å². The Morgan fingerprint density at radius 3 is 2.00 bits per heavy atom. The molecule has 0 heterocycles. The van der Waals surface area contributed by atoms with Gasteiger partial charge in [-0.1, -0.05) is 102 Å². The number of benzene rings is 2.